The second kappa shape index (κ2) is 9.30. The van der Waals surface area contributed by atoms with Crippen LogP contribution in [0.1, 0.15) is 24.5 Å². The lowest BCUT2D eigenvalue weighted by Crippen LogP contribution is -2.41. The topological polar surface area (TPSA) is 101 Å². The molecule has 10 heteroatoms. The monoisotopic (exact) mass is 468 g/mol. The van der Waals surface area contributed by atoms with Crippen LogP contribution in [0, 0.1) is 0 Å². The number of aromatic nitrogens is 4. The number of benzene rings is 1. The maximum atomic E-state index is 12.9. The number of hydrogen-bond donors (Lipinski definition) is 0. The first-order valence-electron chi connectivity index (χ1n) is 10.8. The summed E-state index contributed by atoms with van der Waals surface area (Å²) in [5.74, 6) is 0.678. The summed E-state index contributed by atoms with van der Waals surface area (Å²) >= 11 is 0. The molecule has 0 bridgehead atoms. The van der Waals surface area contributed by atoms with E-state index in [1.165, 1.54) is 6.26 Å². The SMILES string of the molecule is CN(C)c1ncc(-c2ccc(S(C)(=O)=O)cc2)c([C@@H]2CCCN(C(=O)Cn3cccn3)C2)n1. The van der Waals surface area contributed by atoms with Crippen LogP contribution in [0.15, 0.2) is 53.8 Å². The van der Waals surface area contributed by atoms with E-state index in [1.807, 2.05) is 23.9 Å². The molecule has 1 fully saturated rings. The Kier molecular flexibility index (Phi) is 6.46. The molecule has 1 saturated heterocycles. The summed E-state index contributed by atoms with van der Waals surface area (Å²) < 4.78 is 25.3. The lowest BCUT2D eigenvalue weighted by Gasteiger charge is -2.33. The van der Waals surface area contributed by atoms with Gasteiger partial charge in [-0.15, -0.1) is 0 Å². The Bertz CT molecular complexity index is 1220. The van der Waals surface area contributed by atoms with Crippen LogP contribution in [0.5, 0.6) is 0 Å². The molecule has 174 valence electrons. The van der Waals surface area contributed by atoms with Gasteiger partial charge in [-0.05, 0) is 36.6 Å². The standard InChI is InChI=1S/C23H28N6O3S/c1-27(2)23-24-14-20(17-7-9-19(10-8-17)33(3,31)32)22(26-23)18-6-4-12-28(15-18)21(30)16-29-13-5-11-25-29/h5,7-11,13-14,18H,4,6,12,15-16H2,1-3H3/t18-/m1/s1. The zero-order valence-corrected chi connectivity index (χ0v) is 19.9. The number of likely N-dealkylation sites (tertiary alicyclic amines) is 1. The summed E-state index contributed by atoms with van der Waals surface area (Å²) in [7, 11) is 0.501. The van der Waals surface area contributed by atoms with E-state index < -0.39 is 9.84 Å². The van der Waals surface area contributed by atoms with Gasteiger partial charge in [0.25, 0.3) is 0 Å². The van der Waals surface area contributed by atoms with Crippen molar-refractivity contribution in [2.24, 2.45) is 0 Å². The van der Waals surface area contributed by atoms with Gasteiger partial charge in [0.1, 0.15) is 6.54 Å². The van der Waals surface area contributed by atoms with Gasteiger partial charge in [-0.3, -0.25) is 9.48 Å². The summed E-state index contributed by atoms with van der Waals surface area (Å²) in [5.41, 5.74) is 2.58. The summed E-state index contributed by atoms with van der Waals surface area (Å²) in [6.07, 6.45) is 8.21. The van der Waals surface area contributed by atoms with E-state index in [1.54, 1.807) is 53.6 Å². The Hall–Kier alpha value is -3.27. The van der Waals surface area contributed by atoms with Crippen molar-refractivity contribution in [1.29, 1.82) is 0 Å². The van der Waals surface area contributed by atoms with E-state index >= 15 is 0 Å². The molecule has 0 spiro atoms. The fourth-order valence-electron chi connectivity index (χ4n) is 4.08. The molecular weight excluding hydrogens is 440 g/mol. The summed E-state index contributed by atoms with van der Waals surface area (Å²) in [6, 6.07) is 8.59. The zero-order valence-electron chi connectivity index (χ0n) is 19.0. The number of hydrogen-bond acceptors (Lipinski definition) is 7. The minimum atomic E-state index is -3.28. The minimum absolute atomic E-state index is 0.0318. The van der Waals surface area contributed by atoms with Crippen LogP contribution >= 0.6 is 0 Å². The molecule has 1 amide bonds. The molecule has 1 atom stereocenters. The van der Waals surface area contributed by atoms with Gasteiger partial charge in [-0.1, -0.05) is 12.1 Å². The van der Waals surface area contributed by atoms with E-state index in [0.29, 0.717) is 19.0 Å². The predicted molar refractivity (Wildman–Crippen MR) is 126 cm³/mol. The van der Waals surface area contributed by atoms with Crippen LogP contribution in [0.2, 0.25) is 0 Å². The first-order valence-corrected chi connectivity index (χ1v) is 12.7. The summed E-state index contributed by atoms with van der Waals surface area (Å²) in [4.78, 5) is 26.2. The third kappa shape index (κ3) is 5.22. The van der Waals surface area contributed by atoms with Gasteiger partial charge >= 0.3 is 0 Å². The van der Waals surface area contributed by atoms with E-state index in [0.717, 1.165) is 29.7 Å². The average Bonchev–Trinajstić information content (AvgIpc) is 3.31. The molecule has 4 rings (SSSR count). The maximum Gasteiger partial charge on any atom is 0.244 e. The zero-order chi connectivity index (χ0) is 23.6. The van der Waals surface area contributed by atoms with E-state index in [9.17, 15) is 13.2 Å². The number of anilines is 1. The van der Waals surface area contributed by atoms with Crippen LogP contribution in [0.4, 0.5) is 5.95 Å². The minimum Gasteiger partial charge on any atom is -0.347 e. The van der Waals surface area contributed by atoms with Crippen molar-refractivity contribution < 1.29 is 13.2 Å². The second-order valence-corrected chi connectivity index (χ2v) is 10.6. The van der Waals surface area contributed by atoms with Crippen molar-refractivity contribution in [3.05, 3.63) is 54.6 Å². The highest BCUT2D eigenvalue weighted by Gasteiger charge is 2.28. The molecule has 2 aromatic heterocycles. The predicted octanol–water partition coefficient (Wildman–Crippen LogP) is 2.22. The number of carbonyl (C=O) groups is 1. The second-order valence-electron chi connectivity index (χ2n) is 8.54. The number of carbonyl (C=O) groups excluding carboxylic acids is 1. The van der Waals surface area contributed by atoms with Crippen molar-refractivity contribution in [1.82, 2.24) is 24.6 Å². The number of amides is 1. The van der Waals surface area contributed by atoms with E-state index in [4.69, 9.17) is 4.98 Å². The molecule has 0 saturated carbocycles. The lowest BCUT2D eigenvalue weighted by atomic mass is 9.90. The largest absolute Gasteiger partial charge is 0.347 e. The van der Waals surface area contributed by atoms with Gasteiger partial charge in [0.2, 0.25) is 11.9 Å². The van der Waals surface area contributed by atoms with Crippen molar-refractivity contribution in [3.63, 3.8) is 0 Å². The molecule has 0 radical (unpaired) electrons. The molecule has 0 N–H and O–H groups in total. The van der Waals surface area contributed by atoms with Crippen LogP contribution in [0.3, 0.4) is 0 Å². The molecule has 1 aliphatic rings. The van der Waals surface area contributed by atoms with Gasteiger partial charge in [-0.2, -0.15) is 5.10 Å². The molecule has 0 unspecified atom stereocenters. The Morgan fingerprint density at radius 1 is 1.21 bits per heavy atom. The normalized spacial score (nSPS) is 16.6. The van der Waals surface area contributed by atoms with E-state index in [2.05, 4.69) is 10.1 Å². The summed E-state index contributed by atoms with van der Waals surface area (Å²) in [6.45, 7) is 1.49. The Balaban J connectivity index is 1.65. The molecule has 1 aromatic carbocycles. The van der Waals surface area contributed by atoms with E-state index in [-0.39, 0.29) is 23.3 Å². The fraction of sp³-hybridized carbons (Fsp3) is 0.391. The highest BCUT2D eigenvalue weighted by molar-refractivity contribution is 7.90. The average molecular weight is 469 g/mol. The quantitative estimate of drug-likeness (QED) is 0.547. The molecule has 33 heavy (non-hydrogen) atoms. The van der Waals surface area contributed by atoms with Gasteiger partial charge in [0.05, 0.1) is 10.6 Å². The lowest BCUT2D eigenvalue weighted by molar-refractivity contribution is -0.133. The van der Waals surface area contributed by atoms with Gasteiger partial charge in [-0.25, -0.2) is 18.4 Å². The maximum absolute atomic E-state index is 12.9. The molecule has 3 heterocycles. The van der Waals surface area contributed by atoms with Crippen molar-refractivity contribution in [3.8, 4) is 11.1 Å². The number of nitrogens with zero attached hydrogens (tertiary/aromatic N) is 6. The molecule has 0 aliphatic carbocycles. The molecule has 9 nitrogen and oxygen atoms in total. The molecular formula is C23H28N6O3S. The Morgan fingerprint density at radius 3 is 2.61 bits per heavy atom. The van der Waals surface area contributed by atoms with Gasteiger partial charge in [0, 0.05) is 63.5 Å². The number of sulfone groups is 1. The molecule has 3 aromatic rings. The van der Waals surface area contributed by atoms with Crippen LogP contribution in [-0.2, 0) is 21.2 Å². The summed E-state index contributed by atoms with van der Waals surface area (Å²) in [5, 5.41) is 4.14. The number of piperidine rings is 1. The fourth-order valence-corrected chi connectivity index (χ4v) is 4.71. The van der Waals surface area contributed by atoms with Gasteiger partial charge < -0.3 is 9.80 Å². The number of rotatable bonds is 6. The highest BCUT2D eigenvalue weighted by atomic mass is 32.2. The first-order chi connectivity index (χ1) is 15.7. The first kappa shape index (κ1) is 22.9. The Labute approximate surface area is 194 Å². The van der Waals surface area contributed by atoms with Crippen LogP contribution in [-0.4, -0.2) is 72.4 Å². The molecule has 1 aliphatic heterocycles. The third-order valence-electron chi connectivity index (χ3n) is 5.82. The van der Waals surface area contributed by atoms with Crippen LogP contribution in [0.25, 0.3) is 11.1 Å². The third-order valence-corrected chi connectivity index (χ3v) is 6.94. The van der Waals surface area contributed by atoms with Crippen LogP contribution < -0.4 is 4.90 Å². The van der Waals surface area contributed by atoms with Crippen molar-refractivity contribution in [2.45, 2.75) is 30.2 Å². The highest BCUT2D eigenvalue weighted by Crippen LogP contribution is 2.34. The van der Waals surface area contributed by atoms with Crippen molar-refractivity contribution >= 4 is 21.7 Å². The van der Waals surface area contributed by atoms with Gasteiger partial charge in [0.15, 0.2) is 9.84 Å². The Morgan fingerprint density at radius 2 is 1.97 bits per heavy atom. The van der Waals surface area contributed by atoms with Crippen molar-refractivity contribution in [2.75, 3.05) is 38.3 Å². The smallest absolute Gasteiger partial charge is 0.244 e.